The minimum absolute atomic E-state index is 0. The average Bonchev–Trinajstić information content (AvgIpc) is 2.38. The maximum atomic E-state index is 11.7. The molecule has 2 amide bonds. The van der Waals surface area contributed by atoms with E-state index < -0.39 is 0 Å². The largest absolute Gasteiger partial charge is 0.497 e. The van der Waals surface area contributed by atoms with Crippen molar-refractivity contribution in [3.63, 3.8) is 0 Å². The number of hydrogen-bond donors (Lipinski definition) is 3. The smallest absolute Gasteiger partial charge is 0.253 e. The van der Waals surface area contributed by atoms with Gasteiger partial charge in [-0.1, -0.05) is 0 Å². The van der Waals surface area contributed by atoms with Gasteiger partial charge in [0.1, 0.15) is 5.75 Å². The summed E-state index contributed by atoms with van der Waals surface area (Å²) in [4.78, 5) is 23.2. The van der Waals surface area contributed by atoms with Gasteiger partial charge in [-0.2, -0.15) is 0 Å². The van der Waals surface area contributed by atoms with E-state index >= 15 is 0 Å². The van der Waals surface area contributed by atoms with Crippen LogP contribution < -0.4 is 20.7 Å². The minimum Gasteiger partial charge on any atom is -0.497 e. The van der Waals surface area contributed by atoms with Crippen molar-refractivity contribution < 1.29 is 14.3 Å². The molecule has 3 N–H and O–H groups in total. The molecule has 0 heterocycles. The first-order valence-corrected chi connectivity index (χ1v) is 5.47. The second kappa shape index (κ2) is 8.34. The van der Waals surface area contributed by atoms with Crippen molar-refractivity contribution in [3.8, 4) is 5.75 Å². The maximum Gasteiger partial charge on any atom is 0.253 e. The first kappa shape index (κ1) is 17.2. The lowest BCUT2D eigenvalue weighted by Crippen LogP contribution is -2.27. The summed E-state index contributed by atoms with van der Waals surface area (Å²) in [5, 5.41) is 7.91. The standard InChI is InChI=1S/C12H17N3O3.ClH/c1-13-7-11(16)15-10-5-4-8(18-3)6-9(10)12(17)14-2;/h4-6,13H,7H2,1-3H3,(H,14,17)(H,15,16);1H. The zero-order chi connectivity index (χ0) is 13.5. The van der Waals surface area contributed by atoms with Gasteiger partial charge in [0.2, 0.25) is 5.91 Å². The summed E-state index contributed by atoms with van der Waals surface area (Å²) >= 11 is 0. The van der Waals surface area contributed by atoms with Crippen LogP contribution in [0, 0.1) is 0 Å². The quantitative estimate of drug-likeness (QED) is 0.742. The predicted octanol–water partition coefficient (Wildman–Crippen LogP) is 0.634. The summed E-state index contributed by atoms with van der Waals surface area (Å²) < 4.78 is 5.05. The number of methoxy groups -OCH3 is 1. The normalized spacial score (nSPS) is 9.21. The highest BCUT2D eigenvalue weighted by atomic mass is 35.5. The van der Waals surface area contributed by atoms with Crippen LogP contribution in [-0.4, -0.2) is 39.6 Å². The molecule has 0 saturated carbocycles. The first-order chi connectivity index (χ1) is 8.62. The third-order valence-corrected chi connectivity index (χ3v) is 2.31. The zero-order valence-electron chi connectivity index (χ0n) is 11.1. The summed E-state index contributed by atoms with van der Waals surface area (Å²) in [6.07, 6.45) is 0. The molecule has 1 rings (SSSR count). The molecule has 0 saturated heterocycles. The number of rotatable bonds is 5. The van der Waals surface area contributed by atoms with Crippen LogP contribution >= 0.6 is 12.4 Å². The Bertz CT molecular complexity index is 452. The van der Waals surface area contributed by atoms with Crippen LogP contribution in [0.1, 0.15) is 10.4 Å². The van der Waals surface area contributed by atoms with Gasteiger partial charge in [-0.15, -0.1) is 12.4 Å². The summed E-state index contributed by atoms with van der Waals surface area (Å²) in [6.45, 7) is 0.180. The summed E-state index contributed by atoms with van der Waals surface area (Å²) in [5.74, 6) is 0.0571. The van der Waals surface area contributed by atoms with E-state index in [0.29, 0.717) is 17.0 Å². The van der Waals surface area contributed by atoms with E-state index in [1.165, 1.54) is 14.2 Å². The van der Waals surface area contributed by atoms with Gasteiger partial charge in [-0.25, -0.2) is 0 Å². The van der Waals surface area contributed by atoms with Crippen molar-refractivity contribution in [2.75, 3.05) is 33.1 Å². The van der Waals surface area contributed by atoms with Gasteiger partial charge in [-0.05, 0) is 25.2 Å². The van der Waals surface area contributed by atoms with Crippen LogP contribution in [0.15, 0.2) is 18.2 Å². The second-order valence-corrected chi connectivity index (χ2v) is 3.57. The highest BCUT2D eigenvalue weighted by Crippen LogP contribution is 2.21. The summed E-state index contributed by atoms with van der Waals surface area (Å²) in [6, 6.07) is 4.90. The topological polar surface area (TPSA) is 79.5 Å². The molecule has 0 unspecified atom stereocenters. The van der Waals surface area contributed by atoms with Crippen molar-refractivity contribution in [2.45, 2.75) is 0 Å². The Balaban J connectivity index is 0.00000324. The molecule has 6 nitrogen and oxygen atoms in total. The van der Waals surface area contributed by atoms with Crippen LogP contribution in [-0.2, 0) is 4.79 Å². The summed E-state index contributed by atoms with van der Waals surface area (Å²) in [5.41, 5.74) is 0.816. The molecular weight excluding hydrogens is 270 g/mol. The Hall–Kier alpha value is -1.79. The van der Waals surface area contributed by atoms with Gasteiger partial charge in [0.05, 0.1) is 24.9 Å². The molecule has 106 valence electrons. The van der Waals surface area contributed by atoms with Gasteiger partial charge in [0, 0.05) is 7.05 Å². The monoisotopic (exact) mass is 287 g/mol. The number of amides is 2. The Kier molecular flexibility index (Phi) is 7.55. The van der Waals surface area contributed by atoms with Gasteiger partial charge in [0.25, 0.3) is 5.91 Å². The van der Waals surface area contributed by atoms with Gasteiger partial charge in [0.15, 0.2) is 0 Å². The van der Waals surface area contributed by atoms with Crippen molar-refractivity contribution >= 4 is 29.9 Å². The van der Waals surface area contributed by atoms with Crippen LogP contribution in [0.2, 0.25) is 0 Å². The van der Waals surface area contributed by atoms with Crippen LogP contribution in [0.3, 0.4) is 0 Å². The average molecular weight is 288 g/mol. The molecule has 0 aliphatic heterocycles. The first-order valence-electron chi connectivity index (χ1n) is 5.47. The minimum atomic E-state index is -0.284. The molecular formula is C12H18ClN3O3. The highest BCUT2D eigenvalue weighted by Gasteiger charge is 2.13. The number of benzene rings is 1. The van der Waals surface area contributed by atoms with E-state index in [1.807, 2.05) is 0 Å². The molecule has 19 heavy (non-hydrogen) atoms. The number of likely N-dealkylation sites (N-methyl/N-ethyl adjacent to an activating group) is 1. The lowest BCUT2D eigenvalue weighted by molar-refractivity contribution is -0.115. The van der Waals surface area contributed by atoms with Crippen molar-refractivity contribution in [1.82, 2.24) is 10.6 Å². The third-order valence-electron chi connectivity index (χ3n) is 2.31. The molecule has 1 aromatic rings. The number of carbonyl (C=O) groups excluding carboxylic acids is 2. The SMILES string of the molecule is CNCC(=O)Nc1ccc(OC)cc1C(=O)NC.Cl. The van der Waals surface area contributed by atoms with E-state index in [9.17, 15) is 9.59 Å². The van der Waals surface area contributed by atoms with E-state index in [-0.39, 0.29) is 30.8 Å². The van der Waals surface area contributed by atoms with Crippen LogP contribution in [0.25, 0.3) is 0 Å². The lowest BCUT2D eigenvalue weighted by Gasteiger charge is -2.11. The Labute approximate surface area is 118 Å². The molecule has 0 aromatic heterocycles. The molecule has 0 bridgehead atoms. The van der Waals surface area contributed by atoms with Crippen molar-refractivity contribution in [3.05, 3.63) is 23.8 Å². The van der Waals surface area contributed by atoms with Crippen LogP contribution in [0.5, 0.6) is 5.75 Å². The fraction of sp³-hybridized carbons (Fsp3) is 0.333. The maximum absolute atomic E-state index is 11.7. The Morgan fingerprint density at radius 3 is 2.47 bits per heavy atom. The molecule has 7 heteroatoms. The zero-order valence-corrected chi connectivity index (χ0v) is 11.9. The predicted molar refractivity (Wildman–Crippen MR) is 76.2 cm³/mol. The lowest BCUT2D eigenvalue weighted by atomic mass is 10.1. The molecule has 0 spiro atoms. The van der Waals surface area contributed by atoms with Crippen LogP contribution in [0.4, 0.5) is 5.69 Å². The molecule has 0 radical (unpaired) electrons. The highest BCUT2D eigenvalue weighted by molar-refractivity contribution is 6.04. The van der Waals surface area contributed by atoms with Crippen molar-refractivity contribution in [1.29, 1.82) is 0 Å². The second-order valence-electron chi connectivity index (χ2n) is 3.57. The number of ether oxygens (including phenoxy) is 1. The van der Waals surface area contributed by atoms with Gasteiger partial charge in [-0.3, -0.25) is 9.59 Å². The Morgan fingerprint density at radius 2 is 1.95 bits per heavy atom. The fourth-order valence-electron chi connectivity index (χ4n) is 1.44. The van der Waals surface area contributed by atoms with E-state index in [2.05, 4.69) is 16.0 Å². The third kappa shape index (κ3) is 4.76. The van der Waals surface area contributed by atoms with Gasteiger partial charge >= 0.3 is 0 Å². The number of hydrogen-bond acceptors (Lipinski definition) is 4. The number of carbonyl (C=O) groups is 2. The molecule has 0 aliphatic rings. The number of nitrogens with one attached hydrogen (secondary N) is 3. The van der Waals surface area contributed by atoms with Gasteiger partial charge < -0.3 is 20.7 Å². The van der Waals surface area contributed by atoms with E-state index in [0.717, 1.165) is 0 Å². The molecule has 0 fully saturated rings. The van der Waals surface area contributed by atoms with E-state index in [1.54, 1.807) is 25.2 Å². The molecule has 0 atom stereocenters. The molecule has 1 aromatic carbocycles. The van der Waals surface area contributed by atoms with E-state index in [4.69, 9.17) is 4.74 Å². The Morgan fingerprint density at radius 1 is 1.26 bits per heavy atom. The number of halogens is 1. The van der Waals surface area contributed by atoms with Crippen molar-refractivity contribution in [2.24, 2.45) is 0 Å². The fourth-order valence-corrected chi connectivity index (χ4v) is 1.44. The molecule has 0 aliphatic carbocycles. The number of anilines is 1. The summed E-state index contributed by atoms with van der Waals surface area (Å²) in [7, 11) is 4.72.